The third kappa shape index (κ3) is 3.84. The topological polar surface area (TPSA) is 29.5 Å². The number of hydrogen-bond acceptors (Lipinski definition) is 3. The van der Waals surface area contributed by atoms with Crippen LogP contribution in [-0.4, -0.2) is 12.2 Å². The van der Waals surface area contributed by atoms with Gasteiger partial charge in [0.2, 0.25) is 0 Å². The third-order valence-electron chi connectivity index (χ3n) is 4.49. The molecule has 0 saturated heterocycles. The zero-order chi connectivity index (χ0) is 16.9. The van der Waals surface area contributed by atoms with Crippen molar-refractivity contribution in [2.24, 2.45) is 0 Å². The van der Waals surface area contributed by atoms with Crippen molar-refractivity contribution in [1.29, 1.82) is 0 Å². The molecule has 0 saturated carbocycles. The van der Waals surface area contributed by atoms with Gasteiger partial charge in [-0.05, 0) is 41.9 Å². The number of phenolic OH excluding ortho intramolecular Hbond substituents is 1. The second kappa shape index (κ2) is 8.08. The van der Waals surface area contributed by atoms with Crippen LogP contribution < -0.4 is 10.0 Å². The highest BCUT2D eigenvalue weighted by Gasteiger charge is 2.32. The van der Waals surface area contributed by atoms with E-state index in [9.17, 15) is 5.11 Å². The average molecular weight is 348 g/mol. The molecule has 0 fully saturated rings. The Labute approximate surface area is 146 Å². The van der Waals surface area contributed by atoms with Gasteiger partial charge in [0.15, 0.2) is 0 Å². The van der Waals surface area contributed by atoms with E-state index >= 15 is 0 Å². The molecule has 124 valence electrons. The number of aromatic hydroxyl groups is 1. The standard InChI is InChI=1S/C19H25O2PS/c1-4-19(5-2,16-12-15(21-3)10-11-17(16)20)22-18-9-7-6-8-14(18)13-23/h6-12,20,22-23H,4-5,13H2,1-3H3. The number of hydrogen-bond donors (Lipinski definition) is 2. The van der Waals surface area contributed by atoms with Crippen molar-refractivity contribution in [3.05, 3.63) is 53.6 Å². The maximum absolute atomic E-state index is 10.5. The fraction of sp³-hybridized carbons (Fsp3) is 0.368. The summed E-state index contributed by atoms with van der Waals surface area (Å²) in [4.78, 5) is 0. The quantitative estimate of drug-likeness (QED) is 0.553. The summed E-state index contributed by atoms with van der Waals surface area (Å²) in [5.41, 5.74) is 2.25. The van der Waals surface area contributed by atoms with Crippen molar-refractivity contribution in [2.45, 2.75) is 37.6 Å². The number of ether oxygens (including phenoxy) is 1. The van der Waals surface area contributed by atoms with Gasteiger partial charge in [-0.2, -0.15) is 12.6 Å². The summed E-state index contributed by atoms with van der Waals surface area (Å²) in [7, 11) is 2.24. The maximum atomic E-state index is 10.5. The zero-order valence-corrected chi connectivity index (χ0v) is 15.9. The molecule has 2 nitrogen and oxygen atoms in total. The van der Waals surface area contributed by atoms with Gasteiger partial charge in [0.1, 0.15) is 11.5 Å². The second-order valence-corrected chi connectivity index (χ2v) is 7.67. The Morgan fingerprint density at radius 1 is 1.13 bits per heavy atom. The smallest absolute Gasteiger partial charge is 0.119 e. The van der Waals surface area contributed by atoms with Crippen LogP contribution in [0.2, 0.25) is 0 Å². The molecule has 0 aliphatic heterocycles. The largest absolute Gasteiger partial charge is 0.508 e. The predicted octanol–water partition coefficient (Wildman–Crippen LogP) is 4.85. The second-order valence-electron chi connectivity index (χ2n) is 5.61. The van der Waals surface area contributed by atoms with Crippen molar-refractivity contribution >= 4 is 26.5 Å². The maximum Gasteiger partial charge on any atom is 0.119 e. The molecule has 2 aromatic carbocycles. The zero-order valence-electron chi connectivity index (χ0n) is 14.0. The molecule has 0 aliphatic rings. The van der Waals surface area contributed by atoms with Crippen LogP contribution in [0, 0.1) is 0 Å². The summed E-state index contributed by atoms with van der Waals surface area (Å²) in [5, 5.41) is 11.7. The van der Waals surface area contributed by atoms with E-state index in [0.717, 1.165) is 29.9 Å². The molecular formula is C19H25O2PS. The highest BCUT2D eigenvalue weighted by molar-refractivity contribution is 7.79. The molecule has 0 amide bonds. The lowest BCUT2D eigenvalue weighted by Gasteiger charge is -2.34. The van der Waals surface area contributed by atoms with Crippen LogP contribution in [0.3, 0.4) is 0 Å². The Balaban J connectivity index is 2.51. The Kier molecular flexibility index (Phi) is 6.38. The third-order valence-corrected chi connectivity index (χ3v) is 7.04. The van der Waals surface area contributed by atoms with Gasteiger partial charge < -0.3 is 9.84 Å². The van der Waals surface area contributed by atoms with Crippen molar-refractivity contribution in [1.82, 2.24) is 0 Å². The van der Waals surface area contributed by atoms with E-state index in [-0.39, 0.29) is 5.16 Å². The van der Waals surface area contributed by atoms with Crippen LogP contribution >= 0.6 is 21.2 Å². The van der Waals surface area contributed by atoms with E-state index in [1.807, 2.05) is 6.07 Å². The van der Waals surface area contributed by atoms with Gasteiger partial charge in [-0.1, -0.05) is 46.7 Å². The van der Waals surface area contributed by atoms with Gasteiger partial charge >= 0.3 is 0 Å². The summed E-state index contributed by atoms with van der Waals surface area (Å²) in [6.45, 7) is 4.39. The number of phenols is 1. The van der Waals surface area contributed by atoms with Gasteiger partial charge in [0.25, 0.3) is 0 Å². The van der Waals surface area contributed by atoms with Gasteiger partial charge in [-0.15, -0.1) is 0 Å². The number of methoxy groups -OCH3 is 1. The van der Waals surface area contributed by atoms with Crippen molar-refractivity contribution in [3.63, 3.8) is 0 Å². The van der Waals surface area contributed by atoms with Crippen molar-refractivity contribution in [3.8, 4) is 11.5 Å². The predicted molar refractivity (Wildman–Crippen MR) is 104 cm³/mol. The van der Waals surface area contributed by atoms with Crippen LogP contribution in [0.1, 0.15) is 37.8 Å². The van der Waals surface area contributed by atoms with Crippen LogP contribution in [0.4, 0.5) is 0 Å². The van der Waals surface area contributed by atoms with Crippen LogP contribution in [0.5, 0.6) is 11.5 Å². The molecule has 1 atom stereocenters. The molecule has 1 unspecified atom stereocenters. The lowest BCUT2D eigenvalue weighted by molar-refractivity contribution is 0.406. The van der Waals surface area contributed by atoms with Crippen molar-refractivity contribution < 1.29 is 9.84 Å². The Morgan fingerprint density at radius 2 is 1.83 bits per heavy atom. The summed E-state index contributed by atoms with van der Waals surface area (Å²) in [5.74, 6) is 1.87. The number of rotatable bonds is 7. The van der Waals surface area contributed by atoms with Gasteiger partial charge in [0.05, 0.1) is 7.11 Å². The minimum Gasteiger partial charge on any atom is -0.508 e. The van der Waals surface area contributed by atoms with Crippen molar-refractivity contribution in [2.75, 3.05) is 7.11 Å². The summed E-state index contributed by atoms with van der Waals surface area (Å²) in [6.07, 6.45) is 1.92. The van der Waals surface area contributed by atoms with E-state index < -0.39 is 0 Å². The molecule has 2 rings (SSSR count). The molecule has 0 aliphatic carbocycles. The molecule has 1 N–H and O–H groups in total. The van der Waals surface area contributed by atoms with E-state index in [4.69, 9.17) is 4.74 Å². The van der Waals surface area contributed by atoms with Crippen LogP contribution in [-0.2, 0) is 10.9 Å². The Bertz CT molecular complexity index is 654. The fourth-order valence-corrected chi connectivity index (χ4v) is 5.08. The van der Waals surface area contributed by atoms with E-state index in [1.54, 1.807) is 19.2 Å². The molecule has 2 aromatic rings. The highest BCUT2D eigenvalue weighted by Crippen LogP contribution is 2.50. The first kappa shape index (κ1) is 18.2. The van der Waals surface area contributed by atoms with Gasteiger partial charge in [0, 0.05) is 16.5 Å². The van der Waals surface area contributed by atoms with E-state index in [1.165, 1.54) is 10.9 Å². The molecule has 0 aromatic heterocycles. The molecule has 4 heteroatoms. The highest BCUT2D eigenvalue weighted by atomic mass is 32.1. The minimum atomic E-state index is -0.0856. The first-order valence-electron chi connectivity index (χ1n) is 7.94. The minimum absolute atomic E-state index is 0.0856. The van der Waals surface area contributed by atoms with Crippen LogP contribution in [0.15, 0.2) is 42.5 Å². The average Bonchev–Trinajstić information content (AvgIpc) is 2.60. The first-order valence-corrected chi connectivity index (χ1v) is 9.57. The lowest BCUT2D eigenvalue weighted by atomic mass is 9.91. The molecule has 0 spiro atoms. The molecule has 0 radical (unpaired) electrons. The number of thiol groups is 1. The summed E-state index contributed by atoms with van der Waals surface area (Å²) >= 11 is 4.46. The summed E-state index contributed by atoms with van der Waals surface area (Å²) < 4.78 is 5.37. The Morgan fingerprint density at radius 3 is 2.43 bits per heavy atom. The summed E-state index contributed by atoms with van der Waals surface area (Å²) in [6, 6.07) is 14.0. The van der Waals surface area contributed by atoms with E-state index in [2.05, 4.69) is 50.7 Å². The Hall–Kier alpha value is -1.18. The van der Waals surface area contributed by atoms with E-state index in [0.29, 0.717) is 14.3 Å². The van der Waals surface area contributed by atoms with Gasteiger partial charge in [-0.3, -0.25) is 0 Å². The fourth-order valence-electron chi connectivity index (χ4n) is 2.94. The molecule has 0 heterocycles. The molecular weight excluding hydrogens is 323 g/mol. The SMILES string of the molecule is CCC(CC)(Pc1ccccc1CS)c1cc(OC)ccc1O. The number of benzene rings is 2. The molecule has 23 heavy (non-hydrogen) atoms. The normalized spacial score (nSPS) is 12.0. The van der Waals surface area contributed by atoms with Gasteiger partial charge in [-0.25, -0.2) is 0 Å². The molecule has 0 bridgehead atoms. The van der Waals surface area contributed by atoms with Crippen LogP contribution in [0.25, 0.3) is 0 Å². The monoisotopic (exact) mass is 348 g/mol. The first-order chi connectivity index (χ1) is 11.1. The lowest BCUT2D eigenvalue weighted by Crippen LogP contribution is -2.23.